The van der Waals surface area contributed by atoms with E-state index < -0.39 is 0 Å². The summed E-state index contributed by atoms with van der Waals surface area (Å²) in [7, 11) is 1.73. The van der Waals surface area contributed by atoms with Gasteiger partial charge < -0.3 is 14.8 Å². The number of hydrogen-bond acceptors (Lipinski definition) is 3. The van der Waals surface area contributed by atoms with Gasteiger partial charge in [0.2, 0.25) is 0 Å². The summed E-state index contributed by atoms with van der Waals surface area (Å²) in [4.78, 5) is 0. The number of benzene rings is 1. The highest BCUT2D eigenvalue weighted by molar-refractivity contribution is 5.40. The van der Waals surface area contributed by atoms with Crippen molar-refractivity contribution in [1.29, 1.82) is 0 Å². The minimum Gasteiger partial charge on any atom is -0.497 e. The number of unbranched alkanes of at least 4 members (excludes halogenated alkanes) is 2. The van der Waals surface area contributed by atoms with Gasteiger partial charge in [0.1, 0.15) is 5.75 Å². The van der Waals surface area contributed by atoms with Crippen LogP contribution in [0.25, 0.3) is 0 Å². The number of likely N-dealkylation sites (N-methyl/N-ethyl adjacent to an activating group) is 1. The molecule has 2 atom stereocenters. The van der Waals surface area contributed by atoms with Gasteiger partial charge in [-0.05, 0) is 49.1 Å². The summed E-state index contributed by atoms with van der Waals surface area (Å²) in [6.45, 7) is 6.21. The molecule has 0 saturated carbocycles. The number of nitrogens with one attached hydrogen (secondary N) is 1. The lowest BCUT2D eigenvalue weighted by atomic mass is 9.85. The highest BCUT2D eigenvalue weighted by atomic mass is 16.5. The van der Waals surface area contributed by atoms with E-state index >= 15 is 0 Å². The van der Waals surface area contributed by atoms with Crippen LogP contribution in [0.3, 0.4) is 0 Å². The Bertz CT molecular complexity index is 433. The van der Waals surface area contributed by atoms with Gasteiger partial charge in [-0.1, -0.05) is 32.8 Å². The van der Waals surface area contributed by atoms with Crippen LogP contribution in [0.5, 0.6) is 5.75 Å². The van der Waals surface area contributed by atoms with Crippen LogP contribution in [0.1, 0.15) is 56.7 Å². The fourth-order valence-corrected chi connectivity index (χ4v) is 3.11. The molecule has 0 bridgehead atoms. The minimum absolute atomic E-state index is 0.279. The molecule has 0 radical (unpaired) electrons. The van der Waals surface area contributed by atoms with Gasteiger partial charge in [0, 0.05) is 6.61 Å². The van der Waals surface area contributed by atoms with Crippen molar-refractivity contribution in [2.75, 3.05) is 20.3 Å². The minimum atomic E-state index is 0.279. The Hall–Kier alpha value is -1.06. The van der Waals surface area contributed by atoms with E-state index in [1.807, 2.05) is 0 Å². The van der Waals surface area contributed by atoms with Crippen LogP contribution >= 0.6 is 0 Å². The predicted octanol–water partition coefficient (Wildman–Crippen LogP) is 3.87. The third-order valence-electron chi connectivity index (χ3n) is 4.26. The largest absolute Gasteiger partial charge is 0.497 e. The molecular weight excluding hydrogens is 262 g/mol. The molecule has 2 rings (SSSR count). The zero-order valence-electron chi connectivity index (χ0n) is 13.7. The Morgan fingerprint density at radius 1 is 1.24 bits per heavy atom. The van der Waals surface area contributed by atoms with E-state index in [1.165, 1.54) is 24.0 Å². The highest BCUT2D eigenvalue weighted by Gasteiger charge is 2.29. The molecule has 0 aromatic heterocycles. The zero-order chi connectivity index (χ0) is 15.1. The number of methoxy groups -OCH3 is 1. The molecule has 3 heteroatoms. The van der Waals surface area contributed by atoms with Gasteiger partial charge in [0.15, 0.2) is 0 Å². The molecular formula is C18H29NO2. The summed E-state index contributed by atoms with van der Waals surface area (Å²) >= 11 is 0. The quantitative estimate of drug-likeness (QED) is 0.738. The lowest BCUT2D eigenvalue weighted by Gasteiger charge is -2.34. The Balaban J connectivity index is 2.09. The SMILES string of the molecule is CCCCCOC1CCc2ccc(OC)cc2C1NCC. The standard InChI is InChI=1S/C18H29NO2/c1-4-6-7-12-21-17-11-9-14-8-10-15(20-3)13-16(14)18(17)19-5-2/h8,10,13,17-19H,4-7,9,11-12H2,1-3H3. The molecule has 0 amide bonds. The zero-order valence-corrected chi connectivity index (χ0v) is 13.7. The van der Waals surface area contributed by atoms with Crippen molar-refractivity contribution in [3.8, 4) is 5.75 Å². The van der Waals surface area contributed by atoms with E-state index in [-0.39, 0.29) is 12.1 Å². The second kappa shape index (κ2) is 8.40. The summed E-state index contributed by atoms with van der Waals surface area (Å²) in [5, 5.41) is 3.60. The van der Waals surface area contributed by atoms with Crippen LogP contribution < -0.4 is 10.1 Å². The van der Waals surface area contributed by atoms with E-state index in [2.05, 4.69) is 37.4 Å². The van der Waals surface area contributed by atoms with E-state index in [9.17, 15) is 0 Å². The summed E-state index contributed by atoms with van der Waals surface area (Å²) in [5.74, 6) is 0.934. The van der Waals surface area contributed by atoms with Crippen LogP contribution in [-0.4, -0.2) is 26.4 Å². The van der Waals surface area contributed by atoms with Crippen LogP contribution in [0.2, 0.25) is 0 Å². The molecule has 1 aliphatic carbocycles. The number of fused-ring (bicyclic) bond motifs is 1. The molecule has 3 nitrogen and oxygen atoms in total. The molecule has 1 aliphatic rings. The van der Waals surface area contributed by atoms with Crippen LogP contribution in [0.15, 0.2) is 18.2 Å². The van der Waals surface area contributed by atoms with E-state index in [0.717, 1.165) is 38.2 Å². The Morgan fingerprint density at radius 2 is 2.10 bits per heavy atom. The second-order valence-corrected chi connectivity index (χ2v) is 5.76. The third kappa shape index (κ3) is 4.21. The summed E-state index contributed by atoms with van der Waals surface area (Å²) in [6.07, 6.45) is 6.13. The lowest BCUT2D eigenvalue weighted by Crippen LogP contribution is -2.38. The normalized spacial score (nSPS) is 21.1. The van der Waals surface area contributed by atoms with Crippen molar-refractivity contribution in [2.24, 2.45) is 0 Å². The third-order valence-corrected chi connectivity index (χ3v) is 4.26. The first-order chi connectivity index (χ1) is 10.3. The average molecular weight is 291 g/mol. The molecule has 1 aromatic carbocycles. The summed E-state index contributed by atoms with van der Waals surface area (Å²) in [5.41, 5.74) is 2.78. The molecule has 1 aromatic rings. The molecule has 2 unspecified atom stereocenters. The molecule has 1 N–H and O–H groups in total. The van der Waals surface area contributed by atoms with Gasteiger partial charge in [-0.2, -0.15) is 0 Å². The smallest absolute Gasteiger partial charge is 0.119 e. The topological polar surface area (TPSA) is 30.5 Å². The summed E-state index contributed by atoms with van der Waals surface area (Å²) in [6, 6.07) is 6.72. The number of hydrogen-bond donors (Lipinski definition) is 1. The van der Waals surface area contributed by atoms with Gasteiger partial charge in [-0.3, -0.25) is 0 Å². The second-order valence-electron chi connectivity index (χ2n) is 5.76. The van der Waals surface area contributed by atoms with E-state index in [4.69, 9.17) is 9.47 Å². The first-order valence-electron chi connectivity index (χ1n) is 8.32. The number of rotatable bonds is 8. The van der Waals surface area contributed by atoms with E-state index in [1.54, 1.807) is 7.11 Å². The first-order valence-corrected chi connectivity index (χ1v) is 8.32. The van der Waals surface area contributed by atoms with Crippen molar-refractivity contribution in [2.45, 2.75) is 58.1 Å². The number of aryl methyl sites for hydroxylation is 1. The van der Waals surface area contributed by atoms with Crippen LogP contribution in [0.4, 0.5) is 0 Å². The molecule has 0 fully saturated rings. The Labute approximate surface area is 129 Å². The first kappa shape index (κ1) is 16.3. The fraction of sp³-hybridized carbons (Fsp3) is 0.667. The maximum absolute atomic E-state index is 6.18. The average Bonchev–Trinajstić information content (AvgIpc) is 2.52. The molecule has 0 aliphatic heterocycles. The molecule has 0 spiro atoms. The molecule has 21 heavy (non-hydrogen) atoms. The predicted molar refractivity (Wildman–Crippen MR) is 87.0 cm³/mol. The van der Waals surface area contributed by atoms with Gasteiger partial charge in [-0.25, -0.2) is 0 Å². The fourth-order valence-electron chi connectivity index (χ4n) is 3.11. The van der Waals surface area contributed by atoms with Gasteiger partial charge in [0.05, 0.1) is 19.3 Å². The van der Waals surface area contributed by atoms with Gasteiger partial charge >= 0.3 is 0 Å². The van der Waals surface area contributed by atoms with Crippen LogP contribution in [0, 0.1) is 0 Å². The van der Waals surface area contributed by atoms with Crippen molar-refractivity contribution >= 4 is 0 Å². The number of ether oxygens (including phenoxy) is 2. The lowest BCUT2D eigenvalue weighted by molar-refractivity contribution is 0.0140. The maximum Gasteiger partial charge on any atom is 0.119 e. The van der Waals surface area contributed by atoms with Gasteiger partial charge in [-0.15, -0.1) is 0 Å². The van der Waals surface area contributed by atoms with Crippen molar-refractivity contribution in [3.05, 3.63) is 29.3 Å². The van der Waals surface area contributed by atoms with Crippen LogP contribution in [-0.2, 0) is 11.2 Å². The van der Waals surface area contributed by atoms with Gasteiger partial charge in [0.25, 0.3) is 0 Å². The van der Waals surface area contributed by atoms with Crippen molar-refractivity contribution < 1.29 is 9.47 Å². The van der Waals surface area contributed by atoms with Crippen molar-refractivity contribution in [1.82, 2.24) is 5.32 Å². The highest BCUT2D eigenvalue weighted by Crippen LogP contribution is 2.34. The maximum atomic E-state index is 6.18. The van der Waals surface area contributed by atoms with E-state index in [0.29, 0.717) is 0 Å². The molecule has 0 saturated heterocycles. The molecule has 118 valence electrons. The Kier molecular flexibility index (Phi) is 6.52. The van der Waals surface area contributed by atoms with Crippen molar-refractivity contribution in [3.63, 3.8) is 0 Å². The Morgan fingerprint density at radius 3 is 2.81 bits per heavy atom. The summed E-state index contributed by atoms with van der Waals surface area (Å²) < 4.78 is 11.6. The monoisotopic (exact) mass is 291 g/mol. The molecule has 0 heterocycles.